The number of anilines is 1. The first-order valence-corrected chi connectivity index (χ1v) is 7.07. The molecule has 4 heteroatoms. The zero-order chi connectivity index (χ0) is 13.1. The number of hydrogen-bond acceptors (Lipinski definition) is 3. The van der Waals surface area contributed by atoms with Crippen LogP contribution >= 0.6 is 0 Å². The number of nitrogens with zero attached hydrogens (tertiary/aromatic N) is 3. The van der Waals surface area contributed by atoms with Gasteiger partial charge in [0.1, 0.15) is 5.82 Å². The van der Waals surface area contributed by atoms with Gasteiger partial charge in [0.15, 0.2) is 0 Å². The molecule has 0 saturated carbocycles. The summed E-state index contributed by atoms with van der Waals surface area (Å²) >= 11 is 0. The van der Waals surface area contributed by atoms with E-state index in [2.05, 4.69) is 40.1 Å². The number of pyridine rings is 1. The summed E-state index contributed by atoms with van der Waals surface area (Å²) in [6.45, 7) is 4.15. The second-order valence-corrected chi connectivity index (χ2v) is 5.16. The van der Waals surface area contributed by atoms with Crippen LogP contribution in [0.2, 0.25) is 0 Å². The number of nitrogens with one attached hydrogen (secondary N) is 1. The summed E-state index contributed by atoms with van der Waals surface area (Å²) in [4.78, 5) is 4.08. The summed E-state index contributed by atoms with van der Waals surface area (Å²) < 4.78 is 2.11. The summed E-state index contributed by atoms with van der Waals surface area (Å²) in [5, 5.41) is 8.19. The SMILES string of the molecule is CCCCc1cc2n(n1)CC(c1ccncc1)CN2. The maximum absolute atomic E-state index is 4.70. The lowest BCUT2D eigenvalue weighted by Gasteiger charge is -2.25. The van der Waals surface area contributed by atoms with Crippen LogP contribution in [0.1, 0.15) is 36.9 Å². The van der Waals surface area contributed by atoms with E-state index in [0.717, 1.165) is 25.3 Å². The molecule has 3 heterocycles. The largest absolute Gasteiger partial charge is 0.370 e. The molecular formula is C15H20N4. The monoisotopic (exact) mass is 256 g/mol. The van der Waals surface area contributed by atoms with Crippen LogP contribution in [0.3, 0.4) is 0 Å². The Balaban J connectivity index is 1.75. The van der Waals surface area contributed by atoms with Crippen LogP contribution in [0, 0.1) is 0 Å². The molecule has 3 rings (SSSR count). The number of aryl methyl sites for hydroxylation is 1. The minimum atomic E-state index is 0.481. The van der Waals surface area contributed by atoms with Gasteiger partial charge in [-0.2, -0.15) is 5.10 Å². The van der Waals surface area contributed by atoms with Crippen molar-refractivity contribution in [1.29, 1.82) is 0 Å². The molecule has 2 aromatic heterocycles. The summed E-state index contributed by atoms with van der Waals surface area (Å²) in [5.41, 5.74) is 2.54. The molecule has 2 aromatic rings. The third-order valence-electron chi connectivity index (χ3n) is 3.72. The van der Waals surface area contributed by atoms with Gasteiger partial charge in [-0.25, -0.2) is 4.68 Å². The van der Waals surface area contributed by atoms with Crippen molar-refractivity contribution < 1.29 is 0 Å². The third-order valence-corrected chi connectivity index (χ3v) is 3.72. The van der Waals surface area contributed by atoms with Crippen molar-refractivity contribution in [2.75, 3.05) is 11.9 Å². The molecule has 1 N–H and O–H groups in total. The van der Waals surface area contributed by atoms with Gasteiger partial charge in [0.05, 0.1) is 12.2 Å². The molecule has 0 spiro atoms. The van der Waals surface area contributed by atoms with Gasteiger partial charge >= 0.3 is 0 Å². The Labute approximate surface area is 113 Å². The zero-order valence-electron chi connectivity index (χ0n) is 11.3. The smallest absolute Gasteiger partial charge is 0.124 e. The molecule has 1 atom stereocenters. The number of aromatic nitrogens is 3. The minimum Gasteiger partial charge on any atom is -0.370 e. The fourth-order valence-corrected chi connectivity index (χ4v) is 2.59. The Bertz CT molecular complexity index is 532. The van der Waals surface area contributed by atoms with Crippen LogP contribution in [0.15, 0.2) is 30.6 Å². The third kappa shape index (κ3) is 2.62. The normalized spacial score (nSPS) is 17.8. The number of rotatable bonds is 4. The van der Waals surface area contributed by atoms with Crippen molar-refractivity contribution in [2.45, 2.75) is 38.6 Å². The summed E-state index contributed by atoms with van der Waals surface area (Å²) in [6, 6.07) is 6.39. The van der Waals surface area contributed by atoms with E-state index < -0.39 is 0 Å². The Hall–Kier alpha value is -1.84. The van der Waals surface area contributed by atoms with E-state index in [0.29, 0.717) is 5.92 Å². The van der Waals surface area contributed by atoms with E-state index in [1.54, 1.807) is 0 Å². The quantitative estimate of drug-likeness (QED) is 0.914. The van der Waals surface area contributed by atoms with Crippen LogP contribution in [0.5, 0.6) is 0 Å². The highest BCUT2D eigenvalue weighted by Crippen LogP contribution is 2.25. The van der Waals surface area contributed by atoms with Crippen molar-refractivity contribution in [1.82, 2.24) is 14.8 Å². The van der Waals surface area contributed by atoms with Crippen LogP contribution < -0.4 is 5.32 Å². The Morgan fingerprint density at radius 2 is 2.21 bits per heavy atom. The van der Waals surface area contributed by atoms with Gasteiger partial charge in [-0.3, -0.25) is 4.98 Å². The summed E-state index contributed by atoms with van der Waals surface area (Å²) in [6.07, 6.45) is 7.23. The second-order valence-electron chi connectivity index (χ2n) is 5.16. The Morgan fingerprint density at radius 3 is 3.00 bits per heavy atom. The maximum Gasteiger partial charge on any atom is 0.124 e. The van der Waals surface area contributed by atoms with Crippen molar-refractivity contribution >= 4 is 5.82 Å². The van der Waals surface area contributed by atoms with Crippen molar-refractivity contribution in [3.05, 3.63) is 41.9 Å². The van der Waals surface area contributed by atoms with Gasteiger partial charge in [0.2, 0.25) is 0 Å². The topological polar surface area (TPSA) is 42.7 Å². The predicted molar refractivity (Wildman–Crippen MR) is 76.3 cm³/mol. The minimum absolute atomic E-state index is 0.481. The molecule has 100 valence electrons. The van der Waals surface area contributed by atoms with Crippen molar-refractivity contribution in [3.63, 3.8) is 0 Å². The molecule has 0 bridgehead atoms. The van der Waals surface area contributed by atoms with E-state index in [1.807, 2.05) is 12.4 Å². The van der Waals surface area contributed by atoms with E-state index in [-0.39, 0.29) is 0 Å². The average molecular weight is 256 g/mol. The highest BCUT2D eigenvalue weighted by atomic mass is 15.3. The fraction of sp³-hybridized carbons (Fsp3) is 0.467. The van der Waals surface area contributed by atoms with Crippen LogP contribution in [0.25, 0.3) is 0 Å². The molecule has 19 heavy (non-hydrogen) atoms. The average Bonchev–Trinajstić information content (AvgIpc) is 2.87. The molecule has 1 unspecified atom stereocenters. The standard InChI is InChI=1S/C15H20N4/c1-2-3-4-14-9-15-17-10-13(11-19(15)18-14)12-5-7-16-8-6-12/h5-9,13,17H,2-4,10-11H2,1H3. The van der Waals surface area contributed by atoms with E-state index in [4.69, 9.17) is 5.10 Å². The molecule has 4 nitrogen and oxygen atoms in total. The molecule has 0 aliphatic carbocycles. The van der Waals surface area contributed by atoms with E-state index in [9.17, 15) is 0 Å². The molecule has 1 aliphatic heterocycles. The molecule has 0 fully saturated rings. The lowest BCUT2D eigenvalue weighted by atomic mass is 9.99. The highest BCUT2D eigenvalue weighted by Gasteiger charge is 2.20. The zero-order valence-corrected chi connectivity index (χ0v) is 11.3. The molecule has 0 radical (unpaired) electrons. The molecule has 0 aromatic carbocycles. The molecule has 1 aliphatic rings. The molecule has 0 saturated heterocycles. The molecular weight excluding hydrogens is 236 g/mol. The summed E-state index contributed by atoms with van der Waals surface area (Å²) in [5.74, 6) is 1.64. The van der Waals surface area contributed by atoms with E-state index in [1.165, 1.54) is 24.1 Å². The molecule has 0 amide bonds. The second kappa shape index (κ2) is 5.43. The first-order chi connectivity index (χ1) is 9.36. The van der Waals surface area contributed by atoms with Gasteiger partial charge < -0.3 is 5.32 Å². The Morgan fingerprint density at radius 1 is 1.37 bits per heavy atom. The number of fused-ring (bicyclic) bond motifs is 1. The van der Waals surface area contributed by atoms with Crippen LogP contribution in [0.4, 0.5) is 5.82 Å². The van der Waals surface area contributed by atoms with Gasteiger partial charge in [-0.15, -0.1) is 0 Å². The van der Waals surface area contributed by atoms with Gasteiger partial charge in [-0.05, 0) is 30.5 Å². The maximum atomic E-state index is 4.70. The highest BCUT2D eigenvalue weighted by molar-refractivity contribution is 5.40. The number of unbranched alkanes of at least 4 members (excludes halogenated alkanes) is 1. The first-order valence-electron chi connectivity index (χ1n) is 7.07. The lowest BCUT2D eigenvalue weighted by molar-refractivity contribution is 0.500. The summed E-state index contributed by atoms with van der Waals surface area (Å²) in [7, 11) is 0. The van der Waals surface area contributed by atoms with Gasteiger partial charge in [0, 0.05) is 30.9 Å². The van der Waals surface area contributed by atoms with Gasteiger partial charge in [-0.1, -0.05) is 13.3 Å². The van der Waals surface area contributed by atoms with Crippen molar-refractivity contribution in [3.8, 4) is 0 Å². The number of hydrogen-bond donors (Lipinski definition) is 1. The Kier molecular flexibility index (Phi) is 3.49. The van der Waals surface area contributed by atoms with E-state index >= 15 is 0 Å². The van der Waals surface area contributed by atoms with Crippen LogP contribution in [-0.4, -0.2) is 21.3 Å². The van der Waals surface area contributed by atoms with Crippen molar-refractivity contribution in [2.24, 2.45) is 0 Å². The fourth-order valence-electron chi connectivity index (χ4n) is 2.59. The van der Waals surface area contributed by atoms with Crippen LogP contribution in [-0.2, 0) is 13.0 Å². The van der Waals surface area contributed by atoms with Gasteiger partial charge in [0.25, 0.3) is 0 Å². The first kappa shape index (κ1) is 12.2. The predicted octanol–water partition coefficient (Wildman–Crippen LogP) is 2.83. The lowest BCUT2D eigenvalue weighted by Crippen LogP contribution is -2.26.